The molecule has 114 valence electrons. The van der Waals surface area contributed by atoms with Crippen LogP contribution in [0.1, 0.15) is 17.7 Å². The number of oxime groups is 1. The van der Waals surface area contributed by atoms with E-state index >= 15 is 0 Å². The largest absolute Gasteiger partial charge is 0.467 e. The van der Waals surface area contributed by atoms with Gasteiger partial charge >= 0.3 is 0 Å². The fourth-order valence-electron chi connectivity index (χ4n) is 2.19. The maximum Gasteiger partial charge on any atom is 0.166 e. The van der Waals surface area contributed by atoms with Crippen molar-refractivity contribution in [3.8, 4) is 0 Å². The van der Waals surface area contributed by atoms with Gasteiger partial charge in [-0.25, -0.2) is 0 Å². The highest BCUT2D eigenvalue weighted by molar-refractivity contribution is 7.80. The predicted octanol–water partition coefficient (Wildman–Crippen LogP) is 2.44. The molecule has 0 unspecified atom stereocenters. The Bertz CT molecular complexity index is 641. The Balaban J connectivity index is 1.39. The van der Waals surface area contributed by atoms with Crippen LogP contribution in [-0.2, 0) is 11.4 Å². The molecule has 3 rings (SSSR count). The summed E-state index contributed by atoms with van der Waals surface area (Å²) in [5.74, 6) is 0.843. The smallest absolute Gasteiger partial charge is 0.166 e. The molecule has 22 heavy (non-hydrogen) atoms. The van der Waals surface area contributed by atoms with Gasteiger partial charge in [-0.3, -0.25) is 0 Å². The lowest BCUT2D eigenvalue weighted by Gasteiger charge is -2.12. The maximum absolute atomic E-state index is 5.44. The molecule has 0 saturated carbocycles. The number of nitrogens with one attached hydrogen (secondary N) is 2. The van der Waals surface area contributed by atoms with Crippen LogP contribution in [0.2, 0.25) is 0 Å². The van der Waals surface area contributed by atoms with Crippen molar-refractivity contribution in [3.63, 3.8) is 0 Å². The van der Waals surface area contributed by atoms with E-state index in [4.69, 9.17) is 21.5 Å². The molecular formula is C16H17N3O2S. The topological polar surface area (TPSA) is 58.8 Å². The maximum atomic E-state index is 5.44. The average molecular weight is 315 g/mol. The molecule has 0 amide bonds. The molecule has 1 atom stereocenters. The molecule has 1 aliphatic rings. The average Bonchev–Trinajstić information content (AvgIpc) is 3.23. The van der Waals surface area contributed by atoms with Crippen LogP contribution in [0, 0.1) is 0 Å². The van der Waals surface area contributed by atoms with Crippen LogP contribution in [0.15, 0.2) is 58.3 Å². The molecule has 1 aliphatic heterocycles. The number of hydrogen-bond acceptors (Lipinski definition) is 4. The molecule has 0 radical (unpaired) electrons. The van der Waals surface area contributed by atoms with E-state index in [2.05, 4.69) is 15.8 Å². The first-order valence-electron chi connectivity index (χ1n) is 7.13. The van der Waals surface area contributed by atoms with E-state index in [1.807, 2.05) is 42.5 Å². The highest BCUT2D eigenvalue weighted by Crippen LogP contribution is 2.15. The normalized spacial score (nSPS) is 16.7. The van der Waals surface area contributed by atoms with Crippen molar-refractivity contribution >= 4 is 23.0 Å². The molecule has 6 heteroatoms. The summed E-state index contributed by atoms with van der Waals surface area (Å²) in [5, 5.41) is 11.0. The van der Waals surface area contributed by atoms with Gasteiger partial charge in [-0.1, -0.05) is 35.5 Å². The van der Waals surface area contributed by atoms with Gasteiger partial charge in [-0.2, -0.15) is 0 Å². The molecule has 2 heterocycles. The molecule has 2 aromatic rings. The fraction of sp³-hybridized carbons (Fsp3) is 0.250. The van der Waals surface area contributed by atoms with Crippen LogP contribution in [0.5, 0.6) is 0 Å². The Kier molecular flexibility index (Phi) is 4.70. The molecule has 1 aromatic carbocycles. The zero-order chi connectivity index (χ0) is 15.2. The lowest BCUT2D eigenvalue weighted by Crippen LogP contribution is -2.39. The van der Waals surface area contributed by atoms with E-state index < -0.39 is 0 Å². The number of thiocarbonyl (C=S) groups is 1. The molecule has 0 spiro atoms. The van der Waals surface area contributed by atoms with Crippen molar-refractivity contribution < 1.29 is 9.25 Å². The summed E-state index contributed by atoms with van der Waals surface area (Å²) in [7, 11) is 0. The second kappa shape index (κ2) is 7.09. The molecule has 0 aliphatic carbocycles. The van der Waals surface area contributed by atoms with Crippen LogP contribution in [0.4, 0.5) is 0 Å². The predicted molar refractivity (Wildman–Crippen MR) is 88.6 cm³/mol. The quantitative estimate of drug-likeness (QED) is 0.830. The SMILES string of the molecule is S=C(NCc1ccco1)NC[C@H]1CC(c2ccccc2)=NO1. The number of hydrogen-bond donors (Lipinski definition) is 2. The minimum atomic E-state index is -0.00133. The lowest BCUT2D eigenvalue weighted by molar-refractivity contribution is 0.0885. The molecule has 2 N–H and O–H groups in total. The fourth-order valence-corrected chi connectivity index (χ4v) is 2.34. The summed E-state index contributed by atoms with van der Waals surface area (Å²) in [4.78, 5) is 5.44. The number of nitrogens with zero attached hydrogens (tertiary/aromatic N) is 1. The van der Waals surface area contributed by atoms with Gasteiger partial charge in [-0.05, 0) is 29.9 Å². The van der Waals surface area contributed by atoms with E-state index in [0.717, 1.165) is 23.5 Å². The van der Waals surface area contributed by atoms with Gasteiger partial charge in [0.2, 0.25) is 0 Å². The van der Waals surface area contributed by atoms with Crippen molar-refractivity contribution in [1.82, 2.24) is 10.6 Å². The summed E-state index contributed by atoms with van der Waals surface area (Å²) in [6.45, 7) is 1.18. The summed E-state index contributed by atoms with van der Waals surface area (Å²) < 4.78 is 5.23. The molecule has 1 aromatic heterocycles. The molecule has 5 nitrogen and oxygen atoms in total. The third-order valence-electron chi connectivity index (χ3n) is 3.33. The second-order valence-electron chi connectivity index (χ2n) is 4.98. The van der Waals surface area contributed by atoms with Crippen molar-refractivity contribution in [1.29, 1.82) is 0 Å². The first-order chi connectivity index (χ1) is 10.8. The zero-order valence-corrected chi connectivity index (χ0v) is 12.8. The third-order valence-corrected chi connectivity index (χ3v) is 3.62. The minimum absolute atomic E-state index is 0.00133. The monoisotopic (exact) mass is 315 g/mol. The van der Waals surface area contributed by atoms with Gasteiger partial charge in [0.15, 0.2) is 5.11 Å². The van der Waals surface area contributed by atoms with Crippen LogP contribution < -0.4 is 10.6 Å². The Labute approximate surface area is 134 Å². The van der Waals surface area contributed by atoms with Crippen LogP contribution >= 0.6 is 12.2 Å². The van der Waals surface area contributed by atoms with Gasteiger partial charge in [0, 0.05) is 6.42 Å². The van der Waals surface area contributed by atoms with Crippen molar-refractivity contribution in [2.75, 3.05) is 6.54 Å². The third kappa shape index (κ3) is 3.85. The Morgan fingerprint density at radius 3 is 2.82 bits per heavy atom. The van der Waals surface area contributed by atoms with E-state index in [0.29, 0.717) is 18.2 Å². The zero-order valence-electron chi connectivity index (χ0n) is 12.0. The standard InChI is InChI=1S/C16H17N3O2S/c22-16(17-10-13-7-4-8-20-13)18-11-14-9-15(19-21-14)12-5-2-1-3-6-12/h1-8,14H,9-11H2,(H2,17,18,22)/t14-/m1/s1. The van der Waals surface area contributed by atoms with Crippen LogP contribution in [0.3, 0.4) is 0 Å². The lowest BCUT2D eigenvalue weighted by atomic mass is 10.1. The van der Waals surface area contributed by atoms with Crippen molar-refractivity contribution in [2.24, 2.45) is 5.16 Å². The van der Waals surface area contributed by atoms with E-state index in [9.17, 15) is 0 Å². The highest BCUT2D eigenvalue weighted by atomic mass is 32.1. The number of benzene rings is 1. The number of furan rings is 1. The molecular weight excluding hydrogens is 298 g/mol. The van der Waals surface area contributed by atoms with Gasteiger partial charge < -0.3 is 19.9 Å². The van der Waals surface area contributed by atoms with E-state index in [1.165, 1.54) is 0 Å². The van der Waals surface area contributed by atoms with Gasteiger partial charge in [-0.15, -0.1) is 0 Å². The molecule has 0 saturated heterocycles. The second-order valence-corrected chi connectivity index (χ2v) is 5.39. The van der Waals surface area contributed by atoms with Crippen LogP contribution in [-0.4, -0.2) is 23.5 Å². The van der Waals surface area contributed by atoms with Gasteiger partial charge in [0.25, 0.3) is 0 Å². The molecule has 0 bridgehead atoms. The number of rotatable bonds is 5. The summed E-state index contributed by atoms with van der Waals surface area (Å²) in [6.07, 6.45) is 2.42. The Hall–Kier alpha value is -2.34. The van der Waals surface area contributed by atoms with Gasteiger partial charge in [0.1, 0.15) is 11.9 Å². The summed E-state index contributed by atoms with van der Waals surface area (Å²) >= 11 is 5.23. The van der Waals surface area contributed by atoms with E-state index in [1.54, 1.807) is 6.26 Å². The minimum Gasteiger partial charge on any atom is -0.467 e. The van der Waals surface area contributed by atoms with Crippen molar-refractivity contribution in [2.45, 2.75) is 19.1 Å². The van der Waals surface area contributed by atoms with E-state index in [-0.39, 0.29) is 6.10 Å². The van der Waals surface area contributed by atoms with Crippen LogP contribution in [0.25, 0.3) is 0 Å². The van der Waals surface area contributed by atoms with Crippen molar-refractivity contribution in [3.05, 3.63) is 60.1 Å². The summed E-state index contributed by atoms with van der Waals surface area (Å²) in [5.41, 5.74) is 2.07. The summed E-state index contributed by atoms with van der Waals surface area (Å²) in [6, 6.07) is 13.8. The highest BCUT2D eigenvalue weighted by Gasteiger charge is 2.21. The Morgan fingerprint density at radius 1 is 1.18 bits per heavy atom. The first-order valence-corrected chi connectivity index (χ1v) is 7.54. The molecule has 0 fully saturated rings. The first kappa shape index (κ1) is 14.6. The van der Waals surface area contributed by atoms with Gasteiger partial charge in [0.05, 0.1) is 25.1 Å². The Morgan fingerprint density at radius 2 is 2.05 bits per heavy atom.